The first-order valence-electron chi connectivity index (χ1n) is 9.63. The zero-order valence-corrected chi connectivity index (χ0v) is 16.4. The number of rotatable bonds is 1. The van der Waals surface area contributed by atoms with Crippen molar-refractivity contribution in [2.24, 2.45) is 0 Å². The number of benzene rings is 2. The number of nitro benzene ring substituents is 1. The summed E-state index contributed by atoms with van der Waals surface area (Å²) in [5.74, 6) is -1.59. The number of fused-ring (bicyclic) bond motifs is 6. The molecule has 1 amide bonds. The zero-order valence-electron chi connectivity index (χ0n) is 16.4. The molecule has 6 rings (SSSR count). The number of anilines is 2. The van der Waals surface area contributed by atoms with Gasteiger partial charge in [-0.15, -0.1) is 0 Å². The van der Waals surface area contributed by atoms with Gasteiger partial charge in [-0.3, -0.25) is 24.5 Å². The Labute approximate surface area is 179 Å². The number of hydrogen-bond donors (Lipinski definition) is 2. The second-order valence-corrected chi connectivity index (χ2v) is 7.74. The number of allylic oxidation sites excluding steroid dienone is 1. The molecule has 10 nitrogen and oxygen atoms in total. The van der Waals surface area contributed by atoms with Crippen LogP contribution in [-0.4, -0.2) is 27.6 Å². The van der Waals surface area contributed by atoms with Gasteiger partial charge in [0, 0.05) is 34.5 Å². The summed E-state index contributed by atoms with van der Waals surface area (Å²) >= 11 is 0. The van der Waals surface area contributed by atoms with Crippen LogP contribution in [0.3, 0.4) is 0 Å². The Morgan fingerprint density at radius 3 is 2.47 bits per heavy atom. The summed E-state index contributed by atoms with van der Waals surface area (Å²) in [7, 11) is 0. The molecule has 0 fully saturated rings. The van der Waals surface area contributed by atoms with Crippen molar-refractivity contribution >= 4 is 34.7 Å². The molecule has 32 heavy (non-hydrogen) atoms. The first-order chi connectivity index (χ1) is 15.4. The number of nitrogens with zero attached hydrogens (tertiary/aromatic N) is 2. The fraction of sp³-hybridized carbons (Fsp3) is 0.0909. The Bertz CT molecular complexity index is 1480. The van der Waals surface area contributed by atoms with E-state index in [0.29, 0.717) is 11.4 Å². The van der Waals surface area contributed by atoms with Crippen LogP contribution in [-0.2, 0) is 10.2 Å². The highest BCUT2D eigenvalue weighted by Gasteiger charge is 2.61. The number of non-ortho nitro benzene ring substituents is 1. The number of hydrogen-bond acceptors (Lipinski definition) is 8. The number of aromatic nitrogens is 1. The monoisotopic (exact) mass is 428 g/mol. The van der Waals surface area contributed by atoms with Crippen LogP contribution in [0.25, 0.3) is 0 Å². The topological polar surface area (TPSA) is 144 Å². The molecule has 2 aliphatic heterocycles. The second kappa shape index (κ2) is 5.76. The number of aryl methyl sites for hydroxylation is 1. The predicted molar refractivity (Wildman–Crippen MR) is 109 cm³/mol. The van der Waals surface area contributed by atoms with Crippen molar-refractivity contribution < 1.29 is 23.8 Å². The van der Waals surface area contributed by atoms with Crippen molar-refractivity contribution in [3.05, 3.63) is 91.8 Å². The number of amides is 1. The molecule has 2 aromatic carbocycles. The molecule has 2 N–H and O–H groups in total. The summed E-state index contributed by atoms with van der Waals surface area (Å²) in [4.78, 5) is 51.7. The van der Waals surface area contributed by atoms with E-state index in [1.165, 1.54) is 30.3 Å². The molecule has 1 aromatic heterocycles. The lowest BCUT2D eigenvalue weighted by atomic mass is 9.63. The van der Waals surface area contributed by atoms with Gasteiger partial charge in [0.15, 0.2) is 5.78 Å². The van der Waals surface area contributed by atoms with Crippen LogP contribution in [0.1, 0.15) is 37.5 Å². The largest absolute Gasteiger partial charge is 0.338 e. The standard InChI is InChI=1S/C22H12N4O6/c1-9-15-20(32-25-9)24-17-16(18(27)11-4-2-3-5-12(11)19(17)28)22(15)13-8-10(26(30)31)6-7-14(13)23-21(22)29/h2-8,24H,1H3,(H,23,29). The minimum atomic E-state index is -1.83. The van der Waals surface area contributed by atoms with E-state index in [2.05, 4.69) is 15.8 Å². The third-order valence-corrected chi connectivity index (χ3v) is 6.18. The quantitative estimate of drug-likeness (QED) is 0.445. The molecule has 0 saturated carbocycles. The summed E-state index contributed by atoms with van der Waals surface area (Å²) < 4.78 is 5.36. The van der Waals surface area contributed by atoms with E-state index in [9.17, 15) is 24.5 Å². The van der Waals surface area contributed by atoms with Crippen LogP contribution in [0.5, 0.6) is 0 Å². The van der Waals surface area contributed by atoms with Gasteiger partial charge in [0.2, 0.25) is 17.6 Å². The van der Waals surface area contributed by atoms with Crippen LogP contribution in [0.2, 0.25) is 0 Å². The summed E-state index contributed by atoms with van der Waals surface area (Å²) in [5.41, 5.74) is -0.894. The average molecular weight is 428 g/mol. The molecule has 1 spiro atoms. The van der Waals surface area contributed by atoms with Gasteiger partial charge in [-0.05, 0) is 13.0 Å². The molecule has 3 aromatic rings. The van der Waals surface area contributed by atoms with Gasteiger partial charge in [0.05, 0.1) is 27.5 Å². The summed E-state index contributed by atoms with van der Waals surface area (Å²) in [5, 5.41) is 21.0. The molecule has 1 unspecified atom stereocenters. The molecule has 1 atom stereocenters. The fourth-order valence-corrected chi connectivity index (χ4v) is 4.89. The first kappa shape index (κ1) is 18.2. The normalized spacial score (nSPS) is 20.3. The molecule has 1 aliphatic carbocycles. The van der Waals surface area contributed by atoms with Crippen LogP contribution in [0.15, 0.2) is 58.3 Å². The van der Waals surface area contributed by atoms with Crippen molar-refractivity contribution in [1.29, 1.82) is 0 Å². The van der Waals surface area contributed by atoms with E-state index in [4.69, 9.17) is 4.52 Å². The minimum absolute atomic E-state index is 0.0382. The molecular formula is C22H12N4O6. The molecule has 0 radical (unpaired) electrons. The summed E-state index contributed by atoms with van der Waals surface area (Å²) in [6.07, 6.45) is 0. The van der Waals surface area contributed by atoms with E-state index in [0.717, 1.165) is 0 Å². The second-order valence-electron chi connectivity index (χ2n) is 7.74. The van der Waals surface area contributed by atoms with E-state index in [-0.39, 0.29) is 45.1 Å². The highest BCUT2D eigenvalue weighted by atomic mass is 16.6. The van der Waals surface area contributed by atoms with Gasteiger partial charge in [-0.25, -0.2) is 0 Å². The lowest BCUT2D eigenvalue weighted by Crippen LogP contribution is -2.47. The van der Waals surface area contributed by atoms with E-state index >= 15 is 0 Å². The molecule has 156 valence electrons. The molecule has 3 heterocycles. The molecular weight excluding hydrogens is 416 g/mol. The lowest BCUT2D eigenvalue weighted by Gasteiger charge is -2.37. The number of carbonyl (C=O) groups excluding carboxylic acids is 3. The van der Waals surface area contributed by atoms with E-state index < -0.39 is 27.8 Å². The third kappa shape index (κ3) is 1.94. The number of ketones is 2. The van der Waals surface area contributed by atoms with Gasteiger partial charge >= 0.3 is 0 Å². The van der Waals surface area contributed by atoms with Crippen LogP contribution < -0.4 is 10.6 Å². The average Bonchev–Trinajstić information content (AvgIpc) is 3.29. The van der Waals surface area contributed by atoms with Gasteiger partial charge in [0.1, 0.15) is 5.41 Å². The molecule has 3 aliphatic rings. The van der Waals surface area contributed by atoms with Crippen LogP contribution in [0.4, 0.5) is 17.3 Å². The minimum Gasteiger partial charge on any atom is -0.338 e. The Morgan fingerprint density at radius 1 is 1.03 bits per heavy atom. The maximum absolute atomic E-state index is 13.8. The smallest absolute Gasteiger partial charge is 0.269 e. The van der Waals surface area contributed by atoms with E-state index in [1.54, 1.807) is 19.1 Å². The highest BCUT2D eigenvalue weighted by Crippen LogP contribution is 2.56. The molecule has 0 bridgehead atoms. The number of nitrogens with one attached hydrogen (secondary N) is 2. The summed E-state index contributed by atoms with van der Waals surface area (Å²) in [6, 6.07) is 10.2. The Hall–Kier alpha value is -4.60. The van der Waals surface area contributed by atoms with Gasteiger partial charge < -0.3 is 15.2 Å². The summed E-state index contributed by atoms with van der Waals surface area (Å²) in [6.45, 7) is 1.60. The Kier molecular flexibility index (Phi) is 3.27. The third-order valence-electron chi connectivity index (χ3n) is 6.18. The lowest BCUT2D eigenvalue weighted by molar-refractivity contribution is -0.384. The molecule has 0 saturated heterocycles. The maximum atomic E-state index is 13.8. The van der Waals surface area contributed by atoms with E-state index in [1.807, 2.05) is 0 Å². The Balaban J connectivity index is 1.77. The maximum Gasteiger partial charge on any atom is 0.269 e. The van der Waals surface area contributed by atoms with Crippen LogP contribution >= 0.6 is 0 Å². The van der Waals surface area contributed by atoms with Crippen LogP contribution in [0, 0.1) is 17.0 Å². The van der Waals surface area contributed by atoms with Crippen molar-refractivity contribution in [1.82, 2.24) is 5.16 Å². The molecule has 10 heteroatoms. The zero-order chi connectivity index (χ0) is 22.4. The Morgan fingerprint density at radius 2 is 1.75 bits per heavy atom. The number of Topliss-reactive ketones (excluding diaryl/α,β-unsaturated/α-hetero) is 2. The van der Waals surface area contributed by atoms with Gasteiger partial charge in [0.25, 0.3) is 5.69 Å². The first-order valence-corrected chi connectivity index (χ1v) is 9.63. The van der Waals surface area contributed by atoms with Crippen molar-refractivity contribution in [3.8, 4) is 0 Å². The highest BCUT2D eigenvalue weighted by molar-refractivity contribution is 6.33. The van der Waals surface area contributed by atoms with Gasteiger partial charge in [-0.2, -0.15) is 0 Å². The number of carbonyl (C=O) groups is 3. The van der Waals surface area contributed by atoms with Crippen molar-refractivity contribution in [2.45, 2.75) is 12.3 Å². The fourth-order valence-electron chi connectivity index (χ4n) is 4.89. The van der Waals surface area contributed by atoms with Crippen molar-refractivity contribution in [2.75, 3.05) is 10.6 Å². The van der Waals surface area contributed by atoms with Gasteiger partial charge in [-0.1, -0.05) is 29.4 Å². The number of nitro groups is 1. The van der Waals surface area contributed by atoms with Crippen molar-refractivity contribution in [3.63, 3.8) is 0 Å². The SMILES string of the molecule is Cc1noc2c1C1(C(=O)Nc3ccc([N+](=O)[O-])cc31)C1=C(N2)C(=O)c2ccccc2C1=O. The predicted octanol–water partition coefficient (Wildman–Crippen LogP) is 2.89.